The minimum Gasteiger partial charge on any atom is -0.480 e. The van der Waals surface area contributed by atoms with E-state index in [1.807, 2.05) is 0 Å². The zero-order valence-electron chi connectivity index (χ0n) is 9.25. The number of aromatic nitrogens is 1. The standard InChI is InChI=1S/C11H14N2O3/c1-3-9(11(15)16)13(2)10(14)8-6-4-5-7-12-8/h4-7,9H,3H2,1-2H3,(H,15,16)/t9-/m0/s1. The molecule has 0 bridgehead atoms. The fraction of sp³-hybridized carbons (Fsp3) is 0.364. The highest BCUT2D eigenvalue weighted by molar-refractivity contribution is 5.94. The number of aliphatic carboxylic acids is 1. The Labute approximate surface area is 93.7 Å². The van der Waals surface area contributed by atoms with Gasteiger partial charge in [0.1, 0.15) is 11.7 Å². The van der Waals surface area contributed by atoms with Crippen LogP contribution in [0.2, 0.25) is 0 Å². The van der Waals surface area contributed by atoms with E-state index in [1.165, 1.54) is 18.1 Å². The van der Waals surface area contributed by atoms with Gasteiger partial charge in [-0.1, -0.05) is 13.0 Å². The molecule has 0 aliphatic carbocycles. The number of rotatable bonds is 4. The van der Waals surface area contributed by atoms with Crippen LogP contribution < -0.4 is 0 Å². The number of carbonyl (C=O) groups excluding carboxylic acids is 1. The molecule has 1 N–H and O–H groups in total. The second kappa shape index (κ2) is 5.25. The molecule has 0 spiro atoms. The van der Waals surface area contributed by atoms with E-state index in [0.717, 1.165) is 0 Å². The van der Waals surface area contributed by atoms with E-state index >= 15 is 0 Å². The van der Waals surface area contributed by atoms with Crippen molar-refractivity contribution in [3.05, 3.63) is 30.1 Å². The number of hydrogen-bond donors (Lipinski definition) is 1. The third-order valence-corrected chi connectivity index (χ3v) is 2.34. The van der Waals surface area contributed by atoms with Crippen molar-refractivity contribution >= 4 is 11.9 Å². The molecule has 0 aliphatic rings. The van der Waals surface area contributed by atoms with Gasteiger partial charge in [-0.2, -0.15) is 0 Å². The average Bonchev–Trinajstić information content (AvgIpc) is 2.29. The molecule has 1 atom stereocenters. The smallest absolute Gasteiger partial charge is 0.326 e. The highest BCUT2D eigenvalue weighted by atomic mass is 16.4. The molecule has 0 fully saturated rings. The van der Waals surface area contributed by atoms with Crippen LogP contribution in [0.4, 0.5) is 0 Å². The van der Waals surface area contributed by atoms with Crippen LogP contribution in [0.15, 0.2) is 24.4 Å². The van der Waals surface area contributed by atoms with E-state index in [4.69, 9.17) is 5.11 Å². The molecule has 1 heterocycles. The monoisotopic (exact) mass is 222 g/mol. The van der Waals surface area contributed by atoms with Gasteiger partial charge in [-0.05, 0) is 18.6 Å². The molecule has 0 unspecified atom stereocenters. The maximum absolute atomic E-state index is 11.8. The first-order valence-corrected chi connectivity index (χ1v) is 4.99. The highest BCUT2D eigenvalue weighted by Crippen LogP contribution is 2.07. The van der Waals surface area contributed by atoms with Crippen molar-refractivity contribution in [3.8, 4) is 0 Å². The number of hydrogen-bond acceptors (Lipinski definition) is 3. The quantitative estimate of drug-likeness (QED) is 0.825. The molecule has 16 heavy (non-hydrogen) atoms. The van der Waals surface area contributed by atoms with Gasteiger partial charge >= 0.3 is 5.97 Å². The molecule has 0 radical (unpaired) electrons. The van der Waals surface area contributed by atoms with Crippen molar-refractivity contribution in [2.75, 3.05) is 7.05 Å². The second-order valence-corrected chi connectivity index (χ2v) is 3.39. The molecular weight excluding hydrogens is 208 g/mol. The Morgan fingerprint density at radius 2 is 2.19 bits per heavy atom. The van der Waals surface area contributed by atoms with Crippen LogP contribution in [0.25, 0.3) is 0 Å². The molecule has 1 rings (SSSR count). The Balaban J connectivity index is 2.86. The number of pyridine rings is 1. The molecule has 5 heteroatoms. The van der Waals surface area contributed by atoms with Crippen molar-refractivity contribution in [1.82, 2.24) is 9.88 Å². The van der Waals surface area contributed by atoms with E-state index < -0.39 is 12.0 Å². The molecule has 86 valence electrons. The lowest BCUT2D eigenvalue weighted by Crippen LogP contribution is -2.42. The molecule has 1 aromatic heterocycles. The zero-order chi connectivity index (χ0) is 12.1. The minimum atomic E-state index is -1.01. The summed E-state index contributed by atoms with van der Waals surface area (Å²) in [6.45, 7) is 1.72. The summed E-state index contributed by atoms with van der Waals surface area (Å²) < 4.78 is 0. The fourth-order valence-corrected chi connectivity index (χ4v) is 1.43. The largest absolute Gasteiger partial charge is 0.480 e. The lowest BCUT2D eigenvalue weighted by Gasteiger charge is -2.23. The third kappa shape index (κ3) is 2.56. The number of carboxylic acid groups (broad SMARTS) is 1. The summed E-state index contributed by atoms with van der Waals surface area (Å²) in [5.41, 5.74) is 0.254. The first-order chi connectivity index (χ1) is 7.57. The lowest BCUT2D eigenvalue weighted by molar-refractivity contribution is -0.142. The van der Waals surface area contributed by atoms with E-state index in [-0.39, 0.29) is 11.6 Å². The first-order valence-electron chi connectivity index (χ1n) is 4.99. The summed E-state index contributed by atoms with van der Waals surface area (Å²) in [5.74, 6) is -1.39. The normalized spacial score (nSPS) is 11.9. The molecule has 0 aromatic carbocycles. The number of carbonyl (C=O) groups is 2. The minimum absolute atomic E-state index is 0.254. The molecule has 0 aliphatic heterocycles. The van der Waals surface area contributed by atoms with Gasteiger partial charge in [-0.25, -0.2) is 4.79 Å². The summed E-state index contributed by atoms with van der Waals surface area (Å²) >= 11 is 0. The van der Waals surface area contributed by atoms with Crippen LogP contribution in [0.3, 0.4) is 0 Å². The fourth-order valence-electron chi connectivity index (χ4n) is 1.43. The third-order valence-electron chi connectivity index (χ3n) is 2.34. The summed E-state index contributed by atoms with van der Waals surface area (Å²) in [5, 5.41) is 8.93. The van der Waals surface area contributed by atoms with Gasteiger partial charge in [-0.15, -0.1) is 0 Å². The van der Waals surface area contributed by atoms with E-state index in [9.17, 15) is 9.59 Å². The first kappa shape index (κ1) is 12.2. The van der Waals surface area contributed by atoms with Gasteiger partial charge in [0, 0.05) is 13.2 Å². The van der Waals surface area contributed by atoms with Crippen LogP contribution in [0, 0.1) is 0 Å². The van der Waals surface area contributed by atoms with Crippen LogP contribution >= 0.6 is 0 Å². The van der Waals surface area contributed by atoms with Gasteiger partial charge in [-0.3, -0.25) is 9.78 Å². The number of amides is 1. The predicted molar refractivity (Wildman–Crippen MR) is 58.0 cm³/mol. The highest BCUT2D eigenvalue weighted by Gasteiger charge is 2.25. The van der Waals surface area contributed by atoms with Crippen molar-refractivity contribution in [2.45, 2.75) is 19.4 Å². The molecule has 1 aromatic rings. The number of carboxylic acids is 1. The molecule has 0 saturated heterocycles. The Morgan fingerprint density at radius 3 is 2.62 bits per heavy atom. The Bertz CT molecular complexity index is 378. The van der Waals surface area contributed by atoms with Crippen LogP contribution in [-0.2, 0) is 4.79 Å². The van der Waals surface area contributed by atoms with Crippen molar-refractivity contribution in [3.63, 3.8) is 0 Å². The molecule has 1 amide bonds. The molecular formula is C11H14N2O3. The van der Waals surface area contributed by atoms with E-state index in [1.54, 1.807) is 25.1 Å². The van der Waals surface area contributed by atoms with Crippen molar-refractivity contribution in [1.29, 1.82) is 0 Å². The van der Waals surface area contributed by atoms with Gasteiger partial charge in [0.15, 0.2) is 0 Å². The molecule has 0 saturated carbocycles. The summed E-state index contributed by atoms with van der Waals surface area (Å²) in [7, 11) is 1.47. The van der Waals surface area contributed by atoms with Crippen molar-refractivity contribution < 1.29 is 14.7 Å². The van der Waals surface area contributed by atoms with Crippen LogP contribution in [0.5, 0.6) is 0 Å². The number of nitrogens with zero attached hydrogens (tertiary/aromatic N) is 2. The lowest BCUT2D eigenvalue weighted by atomic mass is 10.2. The number of likely N-dealkylation sites (N-methyl/N-ethyl adjacent to an activating group) is 1. The summed E-state index contributed by atoms with van der Waals surface area (Å²) in [4.78, 5) is 27.8. The van der Waals surface area contributed by atoms with Gasteiger partial charge < -0.3 is 10.0 Å². The zero-order valence-corrected chi connectivity index (χ0v) is 9.25. The van der Waals surface area contributed by atoms with Crippen LogP contribution in [-0.4, -0.2) is 40.0 Å². The topological polar surface area (TPSA) is 70.5 Å². The predicted octanol–water partition coefficient (Wildman–Crippen LogP) is 1.02. The SMILES string of the molecule is CC[C@@H](C(=O)O)N(C)C(=O)c1ccccn1. The van der Waals surface area contributed by atoms with Gasteiger partial charge in [0.05, 0.1) is 0 Å². The summed E-state index contributed by atoms with van der Waals surface area (Å²) in [6.07, 6.45) is 1.87. The van der Waals surface area contributed by atoms with E-state index in [0.29, 0.717) is 6.42 Å². The average molecular weight is 222 g/mol. The van der Waals surface area contributed by atoms with Crippen LogP contribution in [0.1, 0.15) is 23.8 Å². The summed E-state index contributed by atoms with van der Waals surface area (Å²) in [6, 6.07) is 4.14. The Kier molecular flexibility index (Phi) is 3.99. The maximum atomic E-state index is 11.8. The Morgan fingerprint density at radius 1 is 1.50 bits per heavy atom. The molecule has 5 nitrogen and oxygen atoms in total. The maximum Gasteiger partial charge on any atom is 0.326 e. The van der Waals surface area contributed by atoms with Gasteiger partial charge in [0.2, 0.25) is 0 Å². The van der Waals surface area contributed by atoms with Crippen molar-refractivity contribution in [2.24, 2.45) is 0 Å². The van der Waals surface area contributed by atoms with Gasteiger partial charge in [0.25, 0.3) is 5.91 Å². The second-order valence-electron chi connectivity index (χ2n) is 3.39. The van der Waals surface area contributed by atoms with E-state index in [2.05, 4.69) is 4.98 Å². The Hall–Kier alpha value is -1.91.